The fraction of sp³-hybridized carbons (Fsp3) is 0.280. The molecule has 0 spiro atoms. The Kier molecular flexibility index (Phi) is 9.75. The quantitative estimate of drug-likeness (QED) is 0.336. The van der Waals surface area contributed by atoms with Crippen molar-refractivity contribution in [3.05, 3.63) is 77.7 Å². The first-order chi connectivity index (χ1) is 12.6. The molecule has 0 N–H and O–H groups in total. The van der Waals surface area contributed by atoms with E-state index < -0.39 is 8.07 Å². The first kappa shape index (κ1) is 26.5. The summed E-state index contributed by atoms with van der Waals surface area (Å²) in [5.41, 5.74) is 2.89. The molecule has 3 aromatic rings. The Bertz CT molecular complexity index is 970. The normalized spacial score (nSPS) is 16.5. The first-order valence-corrected chi connectivity index (χ1v) is 12.9. The summed E-state index contributed by atoms with van der Waals surface area (Å²) in [7, 11) is -0.981. The summed E-state index contributed by atoms with van der Waals surface area (Å²) in [6.07, 6.45) is 6.98. The zero-order chi connectivity index (χ0) is 18.3. The summed E-state index contributed by atoms with van der Waals surface area (Å²) in [5.74, 6) is 2.23. The maximum absolute atomic E-state index is 2.43. The second-order valence-corrected chi connectivity index (χ2v) is 12.3. The van der Waals surface area contributed by atoms with Gasteiger partial charge in [0, 0.05) is 8.07 Å². The van der Waals surface area contributed by atoms with E-state index in [2.05, 4.69) is 93.7 Å². The number of fused-ring (bicyclic) bond motifs is 4. The molecule has 5 rings (SSSR count). The predicted molar refractivity (Wildman–Crippen MR) is 118 cm³/mol. The zero-order valence-corrected chi connectivity index (χ0v) is 22.6. The fourth-order valence-electron chi connectivity index (χ4n) is 4.53. The maximum Gasteiger partial charge on any atom is 4.00 e. The fourth-order valence-corrected chi connectivity index (χ4v) is 7.90. The number of halogens is 2. The van der Waals surface area contributed by atoms with Crippen LogP contribution in [0.4, 0.5) is 0 Å². The third-order valence-corrected chi connectivity index (χ3v) is 9.46. The van der Waals surface area contributed by atoms with Crippen LogP contribution >= 0.6 is 0 Å². The van der Waals surface area contributed by atoms with Crippen LogP contribution in [0.5, 0.6) is 0 Å². The molecular formula is C25H28Cl2SiZr. The third kappa shape index (κ3) is 4.87. The first-order valence-electron chi connectivity index (χ1n) is 9.89. The number of benzene rings is 2. The molecule has 1 atom stereocenters. The largest absolute Gasteiger partial charge is 4.00 e. The van der Waals surface area contributed by atoms with Crippen molar-refractivity contribution in [2.24, 2.45) is 0 Å². The van der Waals surface area contributed by atoms with Crippen molar-refractivity contribution in [1.82, 2.24) is 0 Å². The summed E-state index contributed by atoms with van der Waals surface area (Å²) in [5, 5.41) is 6.35. The van der Waals surface area contributed by atoms with Gasteiger partial charge < -0.3 is 30.7 Å². The van der Waals surface area contributed by atoms with E-state index in [1.54, 1.807) is 16.3 Å². The van der Waals surface area contributed by atoms with Crippen LogP contribution in [0, 0.1) is 5.92 Å². The van der Waals surface area contributed by atoms with Gasteiger partial charge in [0.15, 0.2) is 0 Å². The topological polar surface area (TPSA) is 0 Å². The number of rotatable bonds is 3. The average molecular weight is 519 g/mol. The minimum absolute atomic E-state index is 0. The molecule has 29 heavy (non-hydrogen) atoms. The summed E-state index contributed by atoms with van der Waals surface area (Å²) < 4.78 is 0. The van der Waals surface area contributed by atoms with Gasteiger partial charge in [0.2, 0.25) is 0 Å². The molecule has 0 aromatic heterocycles. The van der Waals surface area contributed by atoms with Crippen molar-refractivity contribution >= 4 is 35.3 Å². The van der Waals surface area contributed by atoms with Crippen LogP contribution in [0.25, 0.3) is 16.8 Å². The van der Waals surface area contributed by atoms with Crippen molar-refractivity contribution < 1.29 is 51.0 Å². The summed E-state index contributed by atoms with van der Waals surface area (Å²) in [6, 6.07) is 19.8. The number of hydrogen-bond acceptors (Lipinski definition) is 0. The van der Waals surface area contributed by atoms with Gasteiger partial charge in [-0.2, -0.15) is 28.6 Å². The second kappa shape index (κ2) is 10.7. The van der Waals surface area contributed by atoms with Gasteiger partial charge in [-0.05, 0) is 5.56 Å². The molecule has 4 heteroatoms. The zero-order valence-electron chi connectivity index (χ0n) is 17.6. The molecule has 0 fully saturated rings. The van der Waals surface area contributed by atoms with Crippen LogP contribution in [0.1, 0.15) is 43.7 Å². The van der Waals surface area contributed by atoms with Gasteiger partial charge in [0.1, 0.15) is 0 Å². The van der Waals surface area contributed by atoms with E-state index in [0.717, 1.165) is 0 Å². The van der Waals surface area contributed by atoms with E-state index in [1.807, 2.05) is 0 Å². The summed E-state index contributed by atoms with van der Waals surface area (Å²) in [4.78, 5) is 0. The standard InChI is InChI=1S/C14H17.C11H11Si.2ClH.Zr/c1-3-11(4-2)14-10-9-12-7-5-6-8-13(12)14;1-12(2)10-7-8-5-3-4-6-9(8)11(10)12;;;/h5-10,14H,3-4H2,1-2H3;3-7H,1-2H3;2*1H;/q2*-1;;;+4/p-2. The summed E-state index contributed by atoms with van der Waals surface area (Å²) in [6.45, 7) is 9.38. The number of allylic oxidation sites excluding steroid dienone is 1. The smallest absolute Gasteiger partial charge is 1.00 e. The van der Waals surface area contributed by atoms with Gasteiger partial charge in [0.25, 0.3) is 0 Å². The van der Waals surface area contributed by atoms with Crippen LogP contribution in [0.2, 0.25) is 13.1 Å². The second-order valence-electron chi connectivity index (χ2n) is 7.98. The molecule has 150 valence electrons. The van der Waals surface area contributed by atoms with Crippen LogP contribution in [-0.2, 0) is 26.2 Å². The van der Waals surface area contributed by atoms with Crippen molar-refractivity contribution in [2.75, 3.05) is 0 Å². The molecule has 1 aliphatic carbocycles. The van der Waals surface area contributed by atoms with Crippen molar-refractivity contribution in [3.8, 4) is 0 Å². The minimum atomic E-state index is -0.981. The maximum atomic E-state index is 2.43. The number of hydrogen-bond donors (Lipinski definition) is 0. The van der Waals surface area contributed by atoms with Gasteiger partial charge >= 0.3 is 26.2 Å². The molecule has 0 radical (unpaired) electrons. The van der Waals surface area contributed by atoms with E-state index in [1.165, 1.54) is 34.7 Å². The van der Waals surface area contributed by atoms with Crippen LogP contribution in [0.3, 0.4) is 0 Å². The molecule has 3 aromatic carbocycles. The Hall–Kier alpha value is -0.530. The van der Waals surface area contributed by atoms with E-state index in [4.69, 9.17) is 0 Å². The van der Waals surface area contributed by atoms with Gasteiger partial charge in [-0.1, -0.05) is 68.9 Å². The van der Waals surface area contributed by atoms with Crippen LogP contribution in [0.15, 0.2) is 60.7 Å². The molecule has 0 saturated heterocycles. The van der Waals surface area contributed by atoms with E-state index in [0.29, 0.717) is 5.92 Å². The van der Waals surface area contributed by atoms with E-state index in [-0.39, 0.29) is 51.0 Å². The Balaban J connectivity index is 0.000000264. The molecule has 0 bridgehead atoms. The van der Waals surface area contributed by atoms with Gasteiger partial charge in [-0.25, -0.2) is 0 Å². The molecule has 0 nitrogen and oxygen atoms in total. The monoisotopic (exact) mass is 516 g/mol. The molecule has 2 aliphatic rings. The van der Waals surface area contributed by atoms with Crippen molar-refractivity contribution in [2.45, 2.75) is 45.7 Å². The molecule has 1 heterocycles. The molecule has 1 aliphatic heterocycles. The van der Waals surface area contributed by atoms with E-state index in [9.17, 15) is 0 Å². The SMILES string of the molecule is CC[C-](CC)C1C=Cc2ccccc21.C[Si]1(C)c2[cH-]c3ccccc3c21.[Cl-].[Cl-].[Zr+4]. The molecule has 0 saturated carbocycles. The molecular weight excluding hydrogens is 490 g/mol. The van der Waals surface area contributed by atoms with Gasteiger partial charge in [-0.15, -0.1) is 41.6 Å². The Morgan fingerprint density at radius 2 is 1.55 bits per heavy atom. The molecule has 1 unspecified atom stereocenters. The average Bonchev–Trinajstić information content (AvgIpc) is 3.04. The van der Waals surface area contributed by atoms with E-state index >= 15 is 0 Å². The Labute approximate surface area is 208 Å². The minimum Gasteiger partial charge on any atom is -1.00 e. The van der Waals surface area contributed by atoms with Gasteiger partial charge in [-0.3, -0.25) is 0 Å². The predicted octanol–water partition coefficient (Wildman–Crippen LogP) is -0.108. The molecule has 0 amide bonds. The van der Waals surface area contributed by atoms with Crippen LogP contribution in [-0.4, -0.2) is 8.07 Å². The Morgan fingerprint density at radius 3 is 2.24 bits per heavy atom. The van der Waals surface area contributed by atoms with Crippen molar-refractivity contribution in [3.63, 3.8) is 0 Å². The van der Waals surface area contributed by atoms with Crippen molar-refractivity contribution in [1.29, 1.82) is 0 Å². The van der Waals surface area contributed by atoms with Crippen LogP contribution < -0.4 is 35.2 Å². The van der Waals surface area contributed by atoms with Gasteiger partial charge in [0.05, 0.1) is 0 Å². The Morgan fingerprint density at radius 1 is 0.931 bits per heavy atom. The third-order valence-electron chi connectivity index (χ3n) is 6.18. The summed E-state index contributed by atoms with van der Waals surface area (Å²) >= 11 is 0.